The number of carbonyl (C=O) groups is 1. The lowest BCUT2D eigenvalue weighted by molar-refractivity contribution is 0.0998. The molecule has 0 unspecified atom stereocenters. The van der Waals surface area contributed by atoms with Crippen molar-refractivity contribution in [2.45, 2.75) is 0 Å². The number of aromatic hydroxyl groups is 1. The molecule has 0 saturated carbocycles. The van der Waals surface area contributed by atoms with Gasteiger partial charge in [-0.05, 0) is 12.1 Å². The van der Waals surface area contributed by atoms with E-state index in [9.17, 15) is 9.90 Å². The second-order valence-electron chi connectivity index (χ2n) is 2.91. The van der Waals surface area contributed by atoms with Crippen LogP contribution in [0.1, 0.15) is 10.4 Å². The quantitative estimate of drug-likeness (QED) is 0.652. The standard InChI is InChI=1S/C8H8N4O2/c1-12-5-3-2-4(8(9)14)7(13)6(5)10-11-12/h2-3,13H,1H3,(H2,9,14). The number of benzene rings is 1. The monoisotopic (exact) mass is 192 g/mol. The average molecular weight is 192 g/mol. The molecule has 6 heteroatoms. The van der Waals surface area contributed by atoms with Gasteiger partial charge in [-0.2, -0.15) is 0 Å². The van der Waals surface area contributed by atoms with Crippen LogP contribution in [0.5, 0.6) is 5.75 Å². The van der Waals surface area contributed by atoms with Gasteiger partial charge in [-0.1, -0.05) is 5.21 Å². The van der Waals surface area contributed by atoms with Crippen molar-refractivity contribution in [3.8, 4) is 5.75 Å². The van der Waals surface area contributed by atoms with E-state index in [0.717, 1.165) is 0 Å². The molecule has 0 aliphatic heterocycles. The topological polar surface area (TPSA) is 94.0 Å². The van der Waals surface area contributed by atoms with Crippen LogP contribution in [0.15, 0.2) is 12.1 Å². The van der Waals surface area contributed by atoms with Gasteiger partial charge in [0.25, 0.3) is 5.91 Å². The summed E-state index contributed by atoms with van der Waals surface area (Å²) in [6.07, 6.45) is 0. The minimum atomic E-state index is -0.685. The maximum absolute atomic E-state index is 10.9. The molecular weight excluding hydrogens is 184 g/mol. The van der Waals surface area contributed by atoms with E-state index in [2.05, 4.69) is 10.3 Å². The molecule has 6 nitrogen and oxygen atoms in total. The molecule has 0 aliphatic carbocycles. The number of hydrogen-bond acceptors (Lipinski definition) is 4. The Balaban J connectivity index is 2.82. The van der Waals surface area contributed by atoms with E-state index in [0.29, 0.717) is 5.52 Å². The zero-order chi connectivity index (χ0) is 10.3. The number of amides is 1. The van der Waals surface area contributed by atoms with Gasteiger partial charge in [-0.25, -0.2) is 4.68 Å². The fourth-order valence-electron chi connectivity index (χ4n) is 1.29. The molecule has 0 aliphatic rings. The van der Waals surface area contributed by atoms with Crippen molar-refractivity contribution >= 4 is 16.9 Å². The van der Waals surface area contributed by atoms with Gasteiger partial charge in [0.2, 0.25) is 0 Å². The lowest BCUT2D eigenvalue weighted by Crippen LogP contribution is -2.11. The Hall–Kier alpha value is -2.11. The molecule has 72 valence electrons. The third kappa shape index (κ3) is 1.00. The summed E-state index contributed by atoms with van der Waals surface area (Å²) in [5.74, 6) is -0.904. The van der Waals surface area contributed by atoms with Gasteiger partial charge in [0.1, 0.15) is 0 Å². The lowest BCUT2D eigenvalue weighted by Gasteiger charge is -1.99. The fraction of sp³-hybridized carbons (Fsp3) is 0.125. The number of nitrogens with two attached hydrogens (primary N) is 1. The molecule has 0 spiro atoms. The van der Waals surface area contributed by atoms with E-state index in [1.807, 2.05) is 0 Å². The van der Waals surface area contributed by atoms with Crippen LogP contribution in [0, 0.1) is 0 Å². The van der Waals surface area contributed by atoms with E-state index in [1.54, 1.807) is 13.1 Å². The highest BCUT2D eigenvalue weighted by Gasteiger charge is 2.14. The van der Waals surface area contributed by atoms with Gasteiger partial charge in [0.15, 0.2) is 11.3 Å². The summed E-state index contributed by atoms with van der Waals surface area (Å²) >= 11 is 0. The second kappa shape index (κ2) is 2.69. The van der Waals surface area contributed by atoms with Crippen LogP contribution in [0.2, 0.25) is 0 Å². The number of rotatable bonds is 1. The lowest BCUT2D eigenvalue weighted by atomic mass is 10.1. The fourth-order valence-corrected chi connectivity index (χ4v) is 1.29. The van der Waals surface area contributed by atoms with Crippen LogP contribution in [-0.2, 0) is 7.05 Å². The summed E-state index contributed by atoms with van der Waals surface area (Å²) in [6, 6.07) is 3.08. The SMILES string of the molecule is Cn1nnc2c(O)c(C(N)=O)ccc21. The Kier molecular flexibility index (Phi) is 1.63. The summed E-state index contributed by atoms with van der Waals surface area (Å²) in [7, 11) is 1.69. The molecule has 0 radical (unpaired) electrons. The molecule has 0 saturated heterocycles. The number of primary amides is 1. The Morgan fingerprint density at radius 2 is 2.29 bits per heavy atom. The number of carbonyl (C=O) groups excluding carboxylic acids is 1. The predicted molar refractivity (Wildman–Crippen MR) is 48.7 cm³/mol. The molecule has 0 bridgehead atoms. The summed E-state index contributed by atoms with van der Waals surface area (Å²) in [5.41, 5.74) is 6.04. The van der Waals surface area contributed by atoms with Gasteiger partial charge in [-0.3, -0.25) is 4.79 Å². The summed E-state index contributed by atoms with van der Waals surface area (Å²) in [4.78, 5) is 10.9. The third-order valence-corrected chi connectivity index (χ3v) is 2.02. The molecule has 3 N–H and O–H groups in total. The predicted octanol–water partition coefficient (Wildman–Crippen LogP) is -0.227. The van der Waals surface area contributed by atoms with Gasteiger partial charge >= 0.3 is 0 Å². The highest BCUT2D eigenvalue weighted by Crippen LogP contribution is 2.25. The number of fused-ring (bicyclic) bond motifs is 1. The van der Waals surface area contributed by atoms with E-state index >= 15 is 0 Å². The van der Waals surface area contributed by atoms with Gasteiger partial charge in [0, 0.05) is 7.05 Å². The number of phenols is 1. The van der Waals surface area contributed by atoms with Crippen molar-refractivity contribution in [3.63, 3.8) is 0 Å². The normalized spacial score (nSPS) is 10.6. The highest BCUT2D eigenvalue weighted by atomic mass is 16.3. The van der Waals surface area contributed by atoms with E-state index < -0.39 is 5.91 Å². The zero-order valence-electron chi connectivity index (χ0n) is 7.43. The molecule has 2 rings (SSSR count). The third-order valence-electron chi connectivity index (χ3n) is 2.02. The number of aromatic nitrogens is 3. The first-order valence-electron chi connectivity index (χ1n) is 3.92. The average Bonchev–Trinajstić information content (AvgIpc) is 2.49. The molecule has 1 heterocycles. The van der Waals surface area contributed by atoms with Crippen LogP contribution in [-0.4, -0.2) is 26.0 Å². The Labute approximate surface area is 78.9 Å². The Bertz CT molecular complexity index is 517. The van der Waals surface area contributed by atoms with Gasteiger partial charge in [-0.15, -0.1) is 5.10 Å². The number of aryl methyl sites for hydroxylation is 1. The Morgan fingerprint density at radius 3 is 2.93 bits per heavy atom. The minimum Gasteiger partial charge on any atom is -0.505 e. The molecule has 1 aromatic heterocycles. The Morgan fingerprint density at radius 1 is 1.57 bits per heavy atom. The largest absolute Gasteiger partial charge is 0.505 e. The molecular formula is C8H8N4O2. The maximum Gasteiger partial charge on any atom is 0.252 e. The van der Waals surface area contributed by atoms with Crippen molar-refractivity contribution in [3.05, 3.63) is 17.7 Å². The molecule has 0 atom stereocenters. The first kappa shape index (κ1) is 8.49. The highest BCUT2D eigenvalue weighted by molar-refractivity contribution is 6.00. The van der Waals surface area contributed by atoms with E-state index in [4.69, 9.17) is 5.73 Å². The van der Waals surface area contributed by atoms with Gasteiger partial charge in [0.05, 0.1) is 11.1 Å². The number of nitrogens with zero attached hydrogens (tertiary/aromatic N) is 3. The first-order valence-corrected chi connectivity index (χ1v) is 3.92. The second-order valence-corrected chi connectivity index (χ2v) is 2.91. The zero-order valence-corrected chi connectivity index (χ0v) is 7.43. The van der Waals surface area contributed by atoms with E-state index in [1.165, 1.54) is 10.7 Å². The molecule has 1 aromatic carbocycles. The van der Waals surface area contributed by atoms with Crippen LogP contribution in [0.3, 0.4) is 0 Å². The smallest absolute Gasteiger partial charge is 0.252 e. The van der Waals surface area contributed by atoms with Crippen molar-refractivity contribution in [2.24, 2.45) is 12.8 Å². The van der Waals surface area contributed by atoms with E-state index in [-0.39, 0.29) is 16.8 Å². The van der Waals surface area contributed by atoms with Crippen molar-refractivity contribution in [2.75, 3.05) is 0 Å². The minimum absolute atomic E-state index is 0.0537. The summed E-state index contributed by atoms with van der Waals surface area (Å²) in [5, 5.41) is 17.0. The van der Waals surface area contributed by atoms with Crippen LogP contribution in [0.25, 0.3) is 11.0 Å². The number of hydrogen-bond donors (Lipinski definition) is 2. The van der Waals surface area contributed by atoms with Crippen LogP contribution < -0.4 is 5.73 Å². The summed E-state index contributed by atoms with van der Waals surface area (Å²) < 4.78 is 1.50. The van der Waals surface area contributed by atoms with Gasteiger partial charge < -0.3 is 10.8 Å². The first-order chi connectivity index (χ1) is 6.61. The van der Waals surface area contributed by atoms with Crippen LogP contribution in [0.4, 0.5) is 0 Å². The molecule has 2 aromatic rings. The summed E-state index contributed by atoms with van der Waals surface area (Å²) in [6.45, 7) is 0. The van der Waals surface area contributed by atoms with Crippen LogP contribution >= 0.6 is 0 Å². The maximum atomic E-state index is 10.9. The van der Waals surface area contributed by atoms with Crippen molar-refractivity contribution in [1.29, 1.82) is 0 Å². The van der Waals surface area contributed by atoms with Crippen molar-refractivity contribution < 1.29 is 9.90 Å². The molecule has 1 amide bonds. The molecule has 14 heavy (non-hydrogen) atoms. The van der Waals surface area contributed by atoms with Crippen molar-refractivity contribution in [1.82, 2.24) is 15.0 Å². The molecule has 0 fully saturated rings.